The summed E-state index contributed by atoms with van der Waals surface area (Å²) >= 11 is 0. The molecule has 0 bridgehead atoms. The molecule has 2 heterocycles. The first-order chi connectivity index (χ1) is 17.1. The second kappa shape index (κ2) is 12.0. The number of nitrogens with one attached hydrogen (secondary N) is 2. The SMILES string of the molecule is CNC(=O)c1cc(C(=O)NCCC2CCN(C(=O)OC(C)(C)C)CC2)cc(C(C)c2ccccc2)n1. The van der Waals surface area contributed by atoms with Gasteiger partial charge in [0.2, 0.25) is 0 Å². The average Bonchev–Trinajstić information content (AvgIpc) is 2.87. The molecule has 36 heavy (non-hydrogen) atoms. The van der Waals surface area contributed by atoms with Crippen LogP contribution in [0.2, 0.25) is 0 Å². The van der Waals surface area contributed by atoms with E-state index in [2.05, 4.69) is 15.6 Å². The molecule has 1 fully saturated rings. The first kappa shape index (κ1) is 27.2. The van der Waals surface area contributed by atoms with Crippen molar-refractivity contribution in [2.24, 2.45) is 5.92 Å². The molecule has 1 aliphatic heterocycles. The van der Waals surface area contributed by atoms with Crippen molar-refractivity contribution in [2.45, 2.75) is 58.5 Å². The van der Waals surface area contributed by atoms with E-state index < -0.39 is 5.60 Å². The second-order valence-corrected chi connectivity index (χ2v) is 10.3. The van der Waals surface area contributed by atoms with Gasteiger partial charge in [-0.05, 0) is 63.6 Å². The summed E-state index contributed by atoms with van der Waals surface area (Å²) in [7, 11) is 1.55. The van der Waals surface area contributed by atoms with Gasteiger partial charge in [-0.25, -0.2) is 9.78 Å². The average molecular weight is 495 g/mol. The molecule has 1 saturated heterocycles. The van der Waals surface area contributed by atoms with Gasteiger partial charge in [-0.2, -0.15) is 0 Å². The second-order valence-electron chi connectivity index (χ2n) is 10.3. The van der Waals surface area contributed by atoms with Gasteiger partial charge in [0.05, 0.1) is 0 Å². The van der Waals surface area contributed by atoms with Crippen molar-refractivity contribution >= 4 is 17.9 Å². The number of hydrogen-bond acceptors (Lipinski definition) is 5. The maximum Gasteiger partial charge on any atom is 0.410 e. The predicted octanol–water partition coefficient (Wildman–Crippen LogP) is 4.36. The zero-order valence-electron chi connectivity index (χ0n) is 22.0. The number of aromatic nitrogens is 1. The minimum atomic E-state index is -0.498. The highest BCUT2D eigenvalue weighted by atomic mass is 16.6. The van der Waals surface area contributed by atoms with E-state index in [0.29, 0.717) is 36.8 Å². The van der Waals surface area contributed by atoms with Gasteiger partial charge in [-0.1, -0.05) is 37.3 Å². The maximum atomic E-state index is 13.0. The normalized spacial score (nSPS) is 15.2. The Labute approximate surface area is 213 Å². The standard InChI is InChI=1S/C28H38N4O4/c1-19(21-9-7-6-8-10-21)23-17-22(18-24(31-23)26(34)29-5)25(33)30-14-11-20-12-15-32(16-13-20)27(35)36-28(2,3)4/h6-10,17-20H,11-16H2,1-5H3,(H,29,34)(H,30,33). The number of nitrogens with zero attached hydrogens (tertiary/aromatic N) is 2. The summed E-state index contributed by atoms with van der Waals surface area (Å²) in [6.45, 7) is 9.46. The summed E-state index contributed by atoms with van der Waals surface area (Å²) < 4.78 is 5.46. The summed E-state index contributed by atoms with van der Waals surface area (Å²) in [5, 5.41) is 5.59. The molecule has 2 aromatic rings. The van der Waals surface area contributed by atoms with E-state index in [9.17, 15) is 14.4 Å². The van der Waals surface area contributed by atoms with Gasteiger partial charge in [-0.15, -0.1) is 0 Å². The molecule has 1 aromatic carbocycles. The van der Waals surface area contributed by atoms with Gasteiger partial charge in [0.1, 0.15) is 11.3 Å². The lowest BCUT2D eigenvalue weighted by atomic mass is 9.93. The number of piperidine rings is 1. The molecule has 0 radical (unpaired) electrons. The van der Waals surface area contributed by atoms with Gasteiger partial charge in [0.15, 0.2) is 0 Å². The molecule has 2 N–H and O–H groups in total. The van der Waals surface area contributed by atoms with Crippen LogP contribution in [0.4, 0.5) is 4.79 Å². The maximum absolute atomic E-state index is 13.0. The fourth-order valence-electron chi connectivity index (χ4n) is 4.28. The monoisotopic (exact) mass is 494 g/mol. The Kier molecular flexibility index (Phi) is 9.07. The minimum absolute atomic E-state index is 0.0717. The smallest absolute Gasteiger partial charge is 0.410 e. The Morgan fingerprint density at radius 3 is 2.36 bits per heavy atom. The predicted molar refractivity (Wildman–Crippen MR) is 139 cm³/mol. The van der Waals surface area contributed by atoms with Crippen molar-refractivity contribution < 1.29 is 19.1 Å². The number of benzene rings is 1. The molecule has 3 amide bonds. The number of carbonyl (C=O) groups excluding carboxylic acids is 3. The van der Waals surface area contributed by atoms with Gasteiger partial charge < -0.3 is 20.3 Å². The number of pyridine rings is 1. The number of rotatable bonds is 7. The number of hydrogen-bond donors (Lipinski definition) is 2. The van der Waals surface area contributed by atoms with Gasteiger partial charge in [-0.3, -0.25) is 9.59 Å². The van der Waals surface area contributed by atoms with Crippen molar-refractivity contribution in [1.82, 2.24) is 20.5 Å². The highest BCUT2D eigenvalue weighted by Gasteiger charge is 2.27. The van der Waals surface area contributed by atoms with Crippen LogP contribution < -0.4 is 10.6 Å². The largest absolute Gasteiger partial charge is 0.444 e. The Hall–Kier alpha value is -3.42. The summed E-state index contributed by atoms with van der Waals surface area (Å²) in [5.74, 6) is -0.202. The van der Waals surface area contributed by atoms with Crippen LogP contribution in [0.5, 0.6) is 0 Å². The fourth-order valence-corrected chi connectivity index (χ4v) is 4.28. The quantitative estimate of drug-likeness (QED) is 0.596. The molecule has 0 aliphatic carbocycles. The molecule has 194 valence electrons. The Bertz CT molecular complexity index is 1060. The third-order valence-electron chi connectivity index (χ3n) is 6.41. The molecule has 8 heteroatoms. The number of amides is 3. The summed E-state index contributed by atoms with van der Waals surface area (Å²) in [4.78, 5) is 43.9. The van der Waals surface area contributed by atoms with Gasteiger partial charge >= 0.3 is 6.09 Å². The van der Waals surface area contributed by atoms with Gasteiger partial charge in [0, 0.05) is 43.9 Å². The van der Waals surface area contributed by atoms with Crippen molar-refractivity contribution in [3.05, 3.63) is 65.0 Å². The van der Waals surface area contributed by atoms with Crippen molar-refractivity contribution in [2.75, 3.05) is 26.7 Å². The summed E-state index contributed by atoms with van der Waals surface area (Å²) in [5.41, 5.74) is 1.87. The molecule has 1 aliphatic rings. The summed E-state index contributed by atoms with van der Waals surface area (Å²) in [6.07, 6.45) is 2.32. The van der Waals surface area contributed by atoms with Crippen LogP contribution in [0.25, 0.3) is 0 Å². The number of ether oxygens (including phenoxy) is 1. The Morgan fingerprint density at radius 2 is 1.75 bits per heavy atom. The molecule has 0 spiro atoms. The fraction of sp³-hybridized carbons (Fsp3) is 0.500. The van der Waals surface area contributed by atoms with Crippen LogP contribution in [0, 0.1) is 5.92 Å². The molecule has 1 unspecified atom stereocenters. The van der Waals surface area contributed by atoms with E-state index in [4.69, 9.17) is 4.74 Å². The van der Waals surface area contributed by atoms with Crippen molar-refractivity contribution in [1.29, 1.82) is 0 Å². The van der Waals surface area contributed by atoms with Crippen LogP contribution >= 0.6 is 0 Å². The Balaban J connectivity index is 1.58. The third kappa shape index (κ3) is 7.54. The molecule has 0 saturated carbocycles. The molecule has 1 aromatic heterocycles. The van der Waals surface area contributed by atoms with Crippen LogP contribution in [0.3, 0.4) is 0 Å². The van der Waals surface area contributed by atoms with Crippen molar-refractivity contribution in [3.63, 3.8) is 0 Å². The Morgan fingerprint density at radius 1 is 1.08 bits per heavy atom. The van der Waals surface area contributed by atoms with E-state index in [0.717, 1.165) is 24.8 Å². The lowest BCUT2D eigenvalue weighted by Crippen LogP contribution is -2.42. The van der Waals surface area contributed by atoms with E-state index in [1.807, 2.05) is 58.0 Å². The lowest BCUT2D eigenvalue weighted by molar-refractivity contribution is 0.0181. The van der Waals surface area contributed by atoms with E-state index in [1.165, 1.54) is 6.07 Å². The third-order valence-corrected chi connectivity index (χ3v) is 6.41. The lowest BCUT2D eigenvalue weighted by Gasteiger charge is -2.33. The van der Waals surface area contributed by atoms with E-state index >= 15 is 0 Å². The highest BCUT2D eigenvalue weighted by molar-refractivity contribution is 5.98. The van der Waals surface area contributed by atoms with E-state index in [1.54, 1.807) is 18.0 Å². The van der Waals surface area contributed by atoms with Crippen LogP contribution in [0.1, 0.15) is 85.0 Å². The van der Waals surface area contributed by atoms with Crippen molar-refractivity contribution in [3.8, 4) is 0 Å². The van der Waals surface area contributed by atoms with Gasteiger partial charge in [0.25, 0.3) is 11.8 Å². The zero-order chi connectivity index (χ0) is 26.3. The molecule has 3 rings (SSSR count). The van der Waals surface area contributed by atoms with Crippen LogP contribution in [-0.2, 0) is 4.74 Å². The zero-order valence-corrected chi connectivity index (χ0v) is 22.0. The first-order valence-electron chi connectivity index (χ1n) is 12.6. The number of likely N-dealkylation sites (tertiary alicyclic amines) is 1. The minimum Gasteiger partial charge on any atom is -0.444 e. The molecular weight excluding hydrogens is 456 g/mol. The molecule has 8 nitrogen and oxygen atoms in total. The van der Waals surface area contributed by atoms with Crippen LogP contribution in [-0.4, -0.2) is 60.1 Å². The van der Waals surface area contributed by atoms with E-state index in [-0.39, 0.29) is 29.5 Å². The molecule has 1 atom stereocenters. The number of carbonyl (C=O) groups is 3. The molecular formula is C28H38N4O4. The highest BCUT2D eigenvalue weighted by Crippen LogP contribution is 2.24. The first-order valence-corrected chi connectivity index (χ1v) is 12.6. The topological polar surface area (TPSA) is 101 Å². The van der Waals surface area contributed by atoms with Crippen LogP contribution in [0.15, 0.2) is 42.5 Å². The summed E-state index contributed by atoms with van der Waals surface area (Å²) in [6, 6.07) is 13.2.